The molecule has 4 heteroatoms. The molecule has 120 valence electrons. The van der Waals surface area contributed by atoms with Crippen LogP contribution in [-0.4, -0.2) is 23.0 Å². The van der Waals surface area contributed by atoms with Crippen LogP contribution in [-0.2, 0) is 17.8 Å². The third-order valence-electron chi connectivity index (χ3n) is 4.12. The van der Waals surface area contributed by atoms with E-state index in [4.69, 9.17) is 4.74 Å². The zero-order valence-corrected chi connectivity index (χ0v) is 13.4. The van der Waals surface area contributed by atoms with Crippen molar-refractivity contribution in [2.75, 3.05) is 6.54 Å². The van der Waals surface area contributed by atoms with Gasteiger partial charge in [-0.25, -0.2) is 4.39 Å². The van der Waals surface area contributed by atoms with Gasteiger partial charge < -0.3 is 9.64 Å². The Morgan fingerprint density at radius 3 is 2.43 bits per heavy atom. The average Bonchev–Trinajstić information content (AvgIpc) is 2.55. The maximum atomic E-state index is 13.0. The van der Waals surface area contributed by atoms with Crippen LogP contribution in [0.5, 0.6) is 5.75 Å². The zero-order valence-electron chi connectivity index (χ0n) is 13.4. The lowest BCUT2D eigenvalue weighted by molar-refractivity contribution is -0.146. The molecule has 0 radical (unpaired) electrons. The van der Waals surface area contributed by atoms with Crippen LogP contribution in [0.2, 0.25) is 0 Å². The number of fused-ring (bicyclic) bond motifs is 1. The largest absolute Gasteiger partial charge is 0.478 e. The van der Waals surface area contributed by atoms with Crippen LogP contribution in [0.4, 0.5) is 4.39 Å². The molecule has 2 aromatic carbocycles. The van der Waals surface area contributed by atoms with Crippen molar-refractivity contribution < 1.29 is 13.9 Å². The van der Waals surface area contributed by atoms with Crippen molar-refractivity contribution in [3.63, 3.8) is 0 Å². The highest BCUT2D eigenvalue weighted by molar-refractivity contribution is 5.85. The van der Waals surface area contributed by atoms with Gasteiger partial charge in [-0.1, -0.05) is 24.3 Å². The summed E-state index contributed by atoms with van der Waals surface area (Å²) in [6, 6.07) is 13.9. The Bertz CT molecular complexity index is 710. The first-order chi connectivity index (χ1) is 11.0. The van der Waals surface area contributed by atoms with E-state index >= 15 is 0 Å². The second-order valence-electron chi connectivity index (χ2n) is 6.31. The molecule has 23 heavy (non-hydrogen) atoms. The third kappa shape index (κ3) is 3.36. The summed E-state index contributed by atoms with van der Waals surface area (Å²) in [5.74, 6) is 0.104. The maximum absolute atomic E-state index is 13.0. The van der Waals surface area contributed by atoms with Gasteiger partial charge in [0, 0.05) is 13.1 Å². The number of nitrogens with zero attached hydrogens (tertiary/aromatic N) is 1. The van der Waals surface area contributed by atoms with Crippen LogP contribution in [0.1, 0.15) is 25.0 Å². The van der Waals surface area contributed by atoms with E-state index in [1.165, 1.54) is 35.4 Å². The van der Waals surface area contributed by atoms with E-state index in [1.54, 1.807) is 13.8 Å². The van der Waals surface area contributed by atoms with Crippen LogP contribution < -0.4 is 4.74 Å². The van der Waals surface area contributed by atoms with E-state index in [-0.39, 0.29) is 11.7 Å². The van der Waals surface area contributed by atoms with E-state index in [0.29, 0.717) is 18.8 Å². The number of rotatable bonds is 3. The molecule has 0 atom stereocenters. The molecule has 1 amide bonds. The minimum Gasteiger partial charge on any atom is -0.478 e. The fraction of sp³-hybridized carbons (Fsp3) is 0.316. The summed E-state index contributed by atoms with van der Waals surface area (Å²) in [6.07, 6.45) is 0.856. The lowest BCUT2D eigenvalue weighted by atomic mass is 9.98. The van der Waals surface area contributed by atoms with Crippen molar-refractivity contribution in [3.05, 3.63) is 65.5 Å². The molecular formula is C19H20FNO2. The first kappa shape index (κ1) is 15.5. The van der Waals surface area contributed by atoms with Crippen LogP contribution in [0.15, 0.2) is 48.5 Å². The predicted molar refractivity (Wildman–Crippen MR) is 86.7 cm³/mol. The number of amides is 1. The summed E-state index contributed by atoms with van der Waals surface area (Å²) in [5, 5.41) is 0. The number of hydrogen-bond acceptors (Lipinski definition) is 2. The Labute approximate surface area is 135 Å². The fourth-order valence-electron chi connectivity index (χ4n) is 2.89. The standard InChI is InChI=1S/C19H20FNO2/c1-19(2,23-17-9-7-16(20)8-10-17)18(22)21-12-11-14-5-3-4-6-15(14)13-21/h3-10H,11-13H2,1-2H3. The highest BCUT2D eigenvalue weighted by Gasteiger charge is 2.35. The smallest absolute Gasteiger partial charge is 0.266 e. The average molecular weight is 313 g/mol. The van der Waals surface area contributed by atoms with E-state index in [0.717, 1.165) is 6.42 Å². The molecule has 1 aliphatic heterocycles. The van der Waals surface area contributed by atoms with Gasteiger partial charge in [-0.3, -0.25) is 4.79 Å². The first-order valence-electron chi connectivity index (χ1n) is 7.76. The quantitative estimate of drug-likeness (QED) is 0.867. The van der Waals surface area contributed by atoms with Gasteiger partial charge in [-0.15, -0.1) is 0 Å². The summed E-state index contributed by atoms with van der Waals surface area (Å²) in [4.78, 5) is 14.7. The minimum absolute atomic E-state index is 0.0590. The number of carbonyl (C=O) groups is 1. The highest BCUT2D eigenvalue weighted by atomic mass is 19.1. The van der Waals surface area contributed by atoms with Gasteiger partial charge >= 0.3 is 0 Å². The third-order valence-corrected chi connectivity index (χ3v) is 4.12. The van der Waals surface area contributed by atoms with E-state index < -0.39 is 5.60 Å². The molecule has 2 aromatic rings. The van der Waals surface area contributed by atoms with Gasteiger partial charge in [0.2, 0.25) is 0 Å². The Hall–Kier alpha value is -2.36. The number of ether oxygens (including phenoxy) is 1. The summed E-state index contributed by atoms with van der Waals surface area (Å²) in [5.41, 5.74) is 1.49. The minimum atomic E-state index is -0.996. The molecule has 0 aromatic heterocycles. The summed E-state index contributed by atoms with van der Waals surface area (Å²) in [6.45, 7) is 4.79. The lowest BCUT2D eigenvalue weighted by Gasteiger charge is -2.35. The lowest BCUT2D eigenvalue weighted by Crippen LogP contribution is -2.50. The molecule has 0 aliphatic carbocycles. The monoisotopic (exact) mass is 313 g/mol. The van der Waals surface area contributed by atoms with Crippen molar-refractivity contribution in [3.8, 4) is 5.75 Å². The van der Waals surface area contributed by atoms with E-state index in [1.807, 2.05) is 17.0 Å². The Morgan fingerprint density at radius 1 is 1.09 bits per heavy atom. The van der Waals surface area contributed by atoms with Crippen LogP contribution in [0.3, 0.4) is 0 Å². The van der Waals surface area contributed by atoms with Crippen molar-refractivity contribution in [2.45, 2.75) is 32.4 Å². The molecule has 0 fully saturated rings. The normalized spacial score (nSPS) is 14.3. The Kier molecular flexibility index (Phi) is 4.07. The summed E-state index contributed by atoms with van der Waals surface area (Å²) in [7, 11) is 0. The molecule has 3 nitrogen and oxygen atoms in total. The maximum Gasteiger partial charge on any atom is 0.266 e. The molecule has 0 bridgehead atoms. The molecule has 1 aliphatic rings. The number of benzene rings is 2. The summed E-state index contributed by atoms with van der Waals surface area (Å²) < 4.78 is 18.8. The zero-order chi connectivity index (χ0) is 16.4. The topological polar surface area (TPSA) is 29.5 Å². The van der Waals surface area contributed by atoms with Gasteiger partial charge in [-0.2, -0.15) is 0 Å². The number of carbonyl (C=O) groups excluding carboxylic acids is 1. The molecule has 0 unspecified atom stereocenters. The second-order valence-corrected chi connectivity index (χ2v) is 6.31. The van der Waals surface area contributed by atoms with Gasteiger partial charge in [-0.05, 0) is 55.7 Å². The van der Waals surface area contributed by atoms with Crippen LogP contribution in [0, 0.1) is 5.82 Å². The van der Waals surface area contributed by atoms with Crippen molar-refractivity contribution >= 4 is 5.91 Å². The molecule has 0 N–H and O–H groups in total. The van der Waals surface area contributed by atoms with Gasteiger partial charge in [0.1, 0.15) is 11.6 Å². The fourth-order valence-corrected chi connectivity index (χ4v) is 2.89. The molecule has 0 spiro atoms. The Morgan fingerprint density at radius 2 is 1.74 bits per heavy atom. The van der Waals surface area contributed by atoms with E-state index in [2.05, 4.69) is 12.1 Å². The van der Waals surface area contributed by atoms with Gasteiger partial charge in [0.15, 0.2) is 5.60 Å². The first-order valence-corrected chi connectivity index (χ1v) is 7.76. The second kappa shape index (κ2) is 6.03. The summed E-state index contributed by atoms with van der Waals surface area (Å²) >= 11 is 0. The van der Waals surface area contributed by atoms with Gasteiger partial charge in [0.05, 0.1) is 0 Å². The predicted octanol–water partition coefficient (Wildman–Crippen LogP) is 3.57. The van der Waals surface area contributed by atoms with Gasteiger partial charge in [0.25, 0.3) is 5.91 Å². The molecule has 1 heterocycles. The van der Waals surface area contributed by atoms with Crippen LogP contribution >= 0.6 is 0 Å². The van der Waals surface area contributed by atoms with E-state index in [9.17, 15) is 9.18 Å². The molecule has 0 saturated heterocycles. The van der Waals surface area contributed by atoms with Crippen molar-refractivity contribution in [1.82, 2.24) is 4.90 Å². The molecule has 0 saturated carbocycles. The molecular weight excluding hydrogens is 293 g/mol. The number of hydrogen-bond donors (Lipinski definition) is 0. The van der Waals surface area contributed by atoms with Crippen LogP contribution in [0.25, 0.3) is 0 Å². The SMILES string of the molecule is CC(C)(Oc1ccc(F)cc1)C(=O)N1CCc2ccccc2C1. The Balaban J connectivity index is 1.73. The van der Waals surface area contributed by atoms with Crippen molar-refractivity contribution in [1.29, 1.82) is 0 Å². The number of halogens is 1. The highest BCUT2D eigenvalue weighted by Crippen LogP contribution is 2.24. The van der Waals surface area contributed by atoms with Crippen molar-refractivity contribution in [2.24, 2.45) is 0 Å². The molecule has 3 rings (SSSR count).